The number of aryl methyl sites for hydroxylation is 1. The molecule has 2 rings (SSSR count). The first-order valence-electron chi connectivity index (χ1n) is 6.57. The molecule has 1 atom stereocenters. The number of phenolic OH excluding ortho intramolecular Hbond substituents is 1. The number of nitrogens with two attached hydrogens (primary N) is 1. The van der Waals surface area contributed by atoms with Crippen LogP contribution in [0.25, 0.3) is 0 Å². The Hall–Kier alpha value is -2.40. The van der Waals surface area contributed by atoms with E-state index in [0.29, 0.717) is 12.0 Å². The molecule has 0 aliphatic carbocycles. The maximum Gasteiger partial charge on any atom is 0.241 e. The van der Waals surface area contributed by atoms with Crippen LogP contribution in [0.5, 0.6) is 5.75 Å². The highest BCUT2D eigenvalue weighted by molar-refractivity contribution is 5.95. The zero-order valence-corrected chi connectivity index (χ0v) is 11.6. The second-order valence-corrected chi connectivity index (χ2v) is 4.90. The van der Waals surface area contributed by atoms with Crippen LogP contribution in [0.4, 0.5) is 10.1 Å². The summed E-state index contributed by atoms with van der Waals surface area (Å²) in [5, 5.41) is 11.7. The first kappa shape index (κ1) is 15.0. The van der Waals surface area contributed by atoms with Crippen LogP contribution in [0, 0.1) is 12.7 Å². The average Bonchev–Trinajstić information content (AvgIpc) is 2.45. The van der Waals surface area contributed by atoms with E-state index in [1.165, 1.54) is 18.2 Å². The molecule has 0 fully saturated rings. The van der Waals surface area contributed by atoms with Gasteiger partial charge >= 0.3 is 0 Å². The first-order valence-corrected chi connectivity index (χ1v) is 6.57. The molecule has 0 saturated heterocycles. The summed E-state index contributed by atoms with van der Waals surface area (Å²) in [7, 11) is 0. The molecule has 0 saturated carbocycles. The van der Waals surface area contributed by atoms with Gasteiger partial charge in [0.05, 0.1) is 11.7 Å². The van der Waals surface area contributed by atoms with E-state index in [1.807, 2.05) is 0 Å². The van der Waals surface area contributed by atoms with E-state index >= 15 is 0 Å². The van der Waals surface area contributed by atoms with E-state index in [4.69, 9.17) is 5.73 Å². The normalized spacial score (nSPS) is 12.0. The van der Waals surface area contributed by atoms with Crippen molar-refractivity contribution < 1.29 is 14.3 Å². The van der Waals surface area contributed by atoms with E-state index in [-0.39, 0.29) is 11.4 Å². The number of para-hydroxylation sites is 1. The van der Waals surface area contributed by atoms with Crippen molar-refractivity contribution in [2.24, 2.45) is 5.73 Å². The standard InChI is InChI=1S/C16H17FN2O2/c1-10-3-2-4-13(17)15(10)19-16(21)14(18)9-11-5-7-12(20)8-6-11/h2-8,14,20H,9,18H2,1H3,(H,19,21)/t14-/m1/s1. The van der Waals surface area contributed by atoms with Crippen LogP contribution in [-0.4, -0.2) is 17.1 Å². The molecule has 0 spiro atoms. The largest absolute Gasteiger partial charge is 0.508 e. The molecule has 0 aromatic heterocycles. The maximum atomic E-state index is 13.7. The summed E-state index contributed by atoms with van der Waals surface area (Å²) < 4.78 is 13.7. The molecule has 2 aromatic carbocycles. The number of hydrogen-bond donors (Lipinski definition) is 3. The third-order valence-corrected chi connectivity index (χ3v) is 3.20. The van der Waals surface area contributed by atoms with Gasteiger partial charge in [-0.3, -0.25) is 4.79 Å². The fourth-order valence-electron chi connectivity index (χ4n) is 1.98. The van der Waals surface area contributed by atoms with Gasteiger partial charge in [0.15, 0.2) is 0 Å². The third kappa shape index (κ3) is 3.79. The SMILES string of the molecule is Cc1cccc(F)c1NC(=O)[C@H](N)Cc1ccc(O)cc1. The molecule has 4 nitrogen and oxygen atoms in total. The lowest BCUT2D eigenvalue weighted by Gasteiger charge is -2.14. The number of halogens is 1. The highest BCUT2D eigenvalue weighted by atomic mass is 19.1. The van der Waals surface area contributed by atoms with E-state index in [1.54, 1.807) is 31.2 Å². The first-order chi connectivity index (χ1) is 9.97. The summed E-state index contributed by atoms with van der Waals surface area (Å²) in [4.78, 5) is 12.0. The Morgan fingerprint density at radius 2 is 1.95 bits per heavy atom. The summed E-state index contributed by atoms with van der Waals surface area (Å²) in [6, 6.07) is 10.2. The molecule has 110 valence electrons. The predicted octanol–water partition coefficient (Wildman–Crippen LogP) is 2.35. The lowest BCUT2D eigenvalue weighted by Crippen LogP contribution is -2.37. The van der Waals surface area contributed by atoms with Gasteiger partial charge < -0.3 is 16.2 Å². The molecule has 0 aliphatic rings. The van der Waals surface area contributed by atoms with E-state index in [9.17, 15) is 14.3 Å². The Kier molecular flexibility index (Phi) is 4.55. The van der Waals surface area contributed by atoms with Crippen molar-refractivity contribution in [2.45, 2.75) is 19.4 Å². The van der Waals surface area contributed by atoms with Crippen molar-refractivity contribution in [2.75, 3.05) is 5.32 Å². The summed E-state index contributed by atoms with van der Waals surface area (Å²) in [6.07, 6.45) is 0.305. The summed E-state index contributed by atoms with van der Waals surface area (Å²) in [5.74, 6) is -0.782. The Morgan fingerprint density at radius 1 is 1.29 bits per heavy atom. The molecule has 21 heavy (non-hydrogen) atoms. The number of hydrogen-bond acceptors (Lipinski definition) is 3. The number of carbonyl (C=O) groups is 1. The van der Waals surface area contributed by atoms with Crippen molar-refractivity contribution >= 4 is 11.6 Å². The number of phenols is 1. The average molecular weight is 288 g/mol. The Morgan fingerprint density at radius 3 is 2.57 bits per heavy atom. The van der Waals surface area contributed by atoms with Gasteiger partial charge in [-0.05, 0) is 42.7 Å². The van der Waals surface area contributed by atoms with E-state index < -0.39 is 17.8 Å². The van der Waals surface area contributed by atoms with Gasteiger partial charge in [0, 0.05) is 0 Å². The minimum Gasteiger partial charge on any atom is -0.508 e. The monoisotopic (exact) mass is 288 g/mol. The zero-order valence-electron chi connectivity index (χ0n) is 11.6. The van der Waals surface area contributed by atoms with E-state index in [2.05, 4.69) is 5.32 Å². The molecular formula is C16H17FN2O2. The van der Waals surface area contributed by atoms with E-state index in [0.717, 1.165) is 5.56 Å². The van der Waals surface area contributed by atoms with Crippen LogP contribution in [0.3, 0.4) is 0 Å². The van der Waals surface area contributed by atoms with Crippen LogP contribution in [-0.2, 0) is 11.2 Å². The molecule has 0 heterocycles. The van der Waals surface area contributed by atoms with Gasteiger partial charge in [-0.2, -0.15) is 0 Å². The number of nitrogens with one attached hydrogen (secondary N) is 1. The fraction of sp³-hybridized carbons (Fsp3) is 0.188. The predicted molar refractivity (Wildman–Crippen MR) is 79.6 cm³/mol. The number of benzene rings is 2. The van der Waals surface area contributed by atoms with Gasteiger partial charge in [-0.15, -0.1) is 0 Å². The molecule has 4 N–H and O–H groups in total. The molecule has 2 aromatic rings. The molecule has 0 unspecified atom stereocenters. The van der Waals surface area contributed by atoms with Crippen molar-refractivity contribution in [1.82, 2.24) is 0 Å². The highest BCUT2D eigenvalue weighted by Crippen LogP contribution is 2.19. The van der Waals surface area contributed by atoms with Crippen LogP contribution in [0.2, 0.25) is 0 Å². The van der Waals surface area contributed by atoms with Gasteiger partial charge in [0.2, 0.25) is 5.91 Å². The van der Waals surface area contributed by atoms with Crippen molar-refractivity contribution in [3.63, 3.8) is 0 Å². The van der Waals surface area contributed by atoms with Crippen LogP contribution < -0.4 is 11.1 Å². The molecule has 1 amide bonds. The Labute approximate surface area is 122 Å². The Bertz CT molecular complexity index is 621. The van der Waals surface area contributed by atoms with Gasteiger partial charge in [0.1, 0.15) is 11.6 Å². The van der Waals surface area contributed by atoms with Crippen LogP contribution >= 0.6 is 0 Å². The minimum absolute atomic E-state index is 0.152. The summed E-state index contributed by atoms with van der Waals surface area (Å²) in [6.45, 7) is 1.71. The number of amides is 1. The van der Waals surface area contributed by atoms with Gasteiger partial charge in [-0.25, -0.2) is 4.39 Å². The second-order valence-electron chi connectivity index (χ2n) is 4.90. The number of aromatic hydroxyl groups is 1. The van der Waals surface area contributed by atoms with Crippen molar-refractivity contribution in [1.29, 1.82) is 0 Å². The van der Waals surface area contributed by atoms with Gasteiger partial charge in [-0.1, -0.05) is 24.3 Å². The van der Waals surface area contributed by atoms with Crippen molar-refractivity contribution in [3.05, 3.63) is 59.4 Å². The number of carbonyl (C=O) groups excluding carboxylic acids is 1. The van der Waals surface area contributed by atoms with Crippen LogP contribution in [0.1, 0.15) is 11.1 Å². The maximum absolute atomic E-state index is 13.7. The molecule has 0 bridgehead atoms. The second kappa shape index (κ2) is 6.37. The molecule has 5 heteroatoms. The summed E-state index contributed by atoms with van der Waals surface area (Å²) >= 11 is 0. The van der Waals surface area contributed by atoms with Crippen LogP contribution in [0.15, 0.2) is 42.5 Å². The number of rotatable bonds is 4. The van der Waals surface area contributed by atoms with Gasteiger partial charge in [0.25, 0.3) is 0 Å². The lowest BCUT2D eigenvalue weighted by atomic mass is 10.1. The molecule has 0 aliphatic heterocycles. The third-order valence-electron chi connectivity index (χ3n) is 3.20. The smallest absolute Gasteiger partial charge is 0.241 e. The number of anilines is 1. The minimum atomic E-state index is -0.798. The Balaban J connectivity index is 2.04. The molecule has 0 radical (unpaired) electrons. The summed E-state index contributed by atoms with van der Waals surface area (Å²) in [5.41, 5.74) is 7.45. The lowest BCUT2D eigenvalue weighted by molar-refractivity contribution is -0.117. The highest BCUT2D eigenvalue weighted by Gasteiger charge is 2.17. The molecular weight excluding hydrogens is 271 g/mol. The fourth-order valence-corrected chi connectivity index (χ4v) is 1.98. The topological polar surface area (TPSA) is 75.4 Å². The zero-order chi connectivity index (χ0) is 15.4. The van der Waals surface area contributed by atoms with Crippen molar-refractivity contribution in [3.8, 4) is 5.75 Å². The quantitative estimate of drug-likeness (QED) is 0.808.